The lowest BCUT2D eigenvalue weighted by molar-refractivity contribution is -0.145. The van der Waals surface area contributed by atoms with Crippen molar-refractivity contribution >= 4 is 21.8 Å². The van der Waals surface area contributed by atoms with Crippen molar-refractivity contribution in [2.75, 3.05) is 25.4 Å². The number of hydrogen-bond donors (Lipinski definition) is 0. The van der Waals surface area contributed by atoms with E-state index in [4.69, 9.17) is 4.74 Å². The molecule has 8 heteroatoms. The highest BCUT2D eigenvalue weighted by Gasteiger charge is 2.53. The molecule has 0 N–H and O–H groups in total. The number of para-hydroxylation sites is 1. The van der Waals surface area contributed by atoms with Crippen LogP contribution in [0.1, 0.15) is 12.8 Å². The van der Waals surface area contributed by atoms with Gasteiger partial charge in [0, 0.05) is 13.1 Å². The number of benzene rings is 1. The number of ether oxygens (including phenoxy) is 1. The van der Waals surface area contributed by atoms with Gasteiger partial charge in [-0.1, -0.05) is 30.4 Å². The summed E-state index contributed by atoms with van der Waals surface area (Å²) in [6, 6.07) is 8.69. The lowest BCUT2D eigenvalue weighted by Crippen LogP contribution is -2.62. The van der Waals surface area contributed by atoms with E-state index in [9.17, 15) is 18.0 Å². The molecule has 0 saturated carbocycles. The number of amides is 2. The van der Waals surface area contributed by atoms with Crippen molar-refractivity contribution in [1.29, 1.82) is 0 Å². The van der Waals surface area contributed by atoms with Crippen molar-refractivity contribution in [2.24, 2.45) is 11.8 Å². The van der Waals surface area contributed by atoms with Crippen LogP contribution >= 0.6 is 0 Å². The Kier molecular flexibility index (Phi) is 4.77. The second-order valence-corrected chi connectivity index (χ2v) is 9.24. The molecule has 7 nitrogen and oxygen atoms in total. The van der Waals surface area contributed by atoms with Gasteiger partial charge in [-0.25, -0.2) is 8.42 Å². The summed E-state index contributed by atoms with van der Waals surface area (Å²) in [6.07, 6.45) is 5.08. The first-order valence-corrected chi connectivity index (χ1v) is 10.8. The van der Waals surface area contributed by atoms with Crippen molar-refractivity contribution in [2.45, 2.75) is 18.9 Å². The Balaban J connectivity index is 1.31. The van der Waals surface area contributed by atoms with Gasteiger partial charge in [-0.2, -0.15) is 4.31 Å². The first-order chi connectivity index (χ1) is 13.0. The topological polar surface area (TPSA) is 84.0 Å². The lowest BCUT2D eigenvalue weighted by Gasteiger charge is -2.42. The number of carbonyl (C=O) groups is 2. The summed E-state index contributed by atoms with van der Waals surface area (Å²) < 4.78 is 31.6. The van der Waals surface area contributed by atoms with Gasteiger partial charge in [0.2, 0.25) is 21.8 Å². The summed E-state index contributed by atoms with van der Waals surface area (Å²) in [4.78, 5) is 26.4. The van der Waals surface area contributed by atoms with E-state index in [2.05, 4.69) is 0 Å². The van der Waals surface area contributed by atoms with Gasteiger partial charge in [0.1, 0.15) is 12.4 Å². The molecule has 2 fully saturated rings. The molecule has 1 aromatic rings. The van der Waals surface area contributed by atoms with Gasteiger partial charge in [-0.05, 0) is 25.0 Å². The van der Waals surface area contributed by atoms with E-state index >= 15 is 0 Å². The number of nitrogens with zero attached hydrogens (tertiary/aromatic N) is 2. The van der Waals surface area contributed by atoms with E-state index in [0.717, 1.165) is 0 Å². The number of likely N-dealkylation sites (tertiary alicyclic amines) is 1. The second-order valence-electron chi connectivity index (χ2n) is 7.15. The molecule has 1 aromatic carbocycles. The van der Waals surface area contributed by atoms with Crippen LogP contribution in [0.2, 0.25) is 0 Å². The summed E-state index contributed by atoms with van der Waals surface area (Å²) in [5, 5.41) is 0. The van der Waals surface area contributed by atoms with Crippen molar-refractivity contribution in [1.82, 2.24) is 9.21 Å². The molecular formula is C19H22N2O5S. The van der Waals surface area contributed by atoms with Crippen molar-refractivity contribution in [3.63, 3.8) is 0 Å². The van der Waals surface area contributed by atoms with E-state index in [0.29, 0.717) is 18.6 Å². The van der Waals surface area contributed by atoms with E-state index in [-0.39, 0.29) is 55.1 Å². The molecular weight excluding hydrogens is 368 g/mol. The van der Waals surface area contributed by atoms with Gasteiger partial charge in [0.25, 0.3) is 0 Å². The number of carbonyl (C=O) groups excluding carboxylic acids is 2. The van der Waals surface area contributed by atoms with Crippen LogP contribution in [0.4, 0.5) is 0 Å². The highest BCUT2D eigenvalue weighted by molar-refractivity contribution is 7.89. The zero-order valence-electron chi connectivity index (χ0n) is 14.9. The number of fused-ring (bicyclic) bond motifs is 1. The highest BCUT2D eigenvalue weighted by atomic mass is 32.2. The average Bonchev–Trinajstić information content (AvgIpc) is 2.87. The standard InChI is InChI=1S/C19H22N2O5S/c22-18-16-8-4-5-9-17(16)19(23)21(18)14-12-20(13-14)27(24,25)11-10-26-15-6-2-1-3-7-15/h1-7,14,16-17H,8-13H2. The number of sulfonamides is 1. The third kappa shape index (κ3) is 3.39. The van der Waals surface area contributed by atoms with Gasteiger partial charge in [-0.15, -0.1) is 0 Å². The van der Waals surface area contributed by atoms with Crippen LogP contribution in [0.5, 0.6) is 5.75 Å². The number of imide groups is 1. The fraction of sp³-hybridized carbons (Fsp3) is 0.474. The van der Waals surface area contributed by atoms with Crippen molar-refractivity contribution in [3.8, 4) is 5.75 Å². The first-order valence-electron chi connectivity index (χ1n) is 9.15. The molecule has 2 atom stereocenters. The van der Waals surface area contributed by atoms with E-state index in [1.54, 1.807) is 12.1 Å². The van der Waals surface area contributed by atoms with Crippen molar-refractivity contribution in [3.05, 3.63) is 42.5 Å². The zero-order valence-corrected chi connectivity index (χ0v) is 15.7. The van der Waals surface area contributed by atoms with Gasteiger partial charge < -0.3 is 4.74 Å². The Hall–Kier alpha value is -2.19. The normalized spacial score (nSPS) is 26.1. The molecule has 0 spiro atoms. The molecule has 4 rings (SSSR count). The molecule has 2 amide bonds. The van der Waals surface area contributed by atoms with Crippen LogP contribution in [0.15, 0.2) is 42.5 Å². The molecule has 2 heterocycles. The first kappa shape index (κ1) is 18.2. The van der Waals surface area contributed by atoms with Crippen LogP contribution in [0.25, 0.3) is 0 Å². The zero-order chi connectivity index (χ0) is 19.0. The summed E-state index contributed by atoms with van der Waals surface area (Å²) in [5.41, 5.74) is 0. The van der Waals surface area contributed by atoms with Crippen LogP contribution in [-0.2, 0) is 19.6 Å². The Morgan fingerprint density at radius 3 is 2.15 bits per heavy atom. The maximum Gasteiger partial charge on any atom is 0.233 e. The highest BCUT2D eigenvalue weighted by Crippen LogP contribution is 2.37. The van der Waals surface area contributed by atoms with Crippen LogP contribution in [0.3, 0.4) is 0 Å². The van der Waals surface area contributed by atoms with Crippen molar-refractivity contribution < 1.29 is 22.7 Å². The minimum atomic E-state index is -3.47. The Morgan fingerprint density at radius 2 is 1.56 bits per heavy atom. The molecule has 2 unspecified atom stereocenters. The maximum atomic E-state index is 12.6. The third-order valence-electron chi connectivity index (χ3n) is 5.48. The summed E-state index contributed by atoms with van der Waals surface area (Å²) in [6.45, 7) is 0.418. The molecule has 27 heavy (non-hydrogen) atoms. The van der Waals surface area contributed by atoms with Crippen LogP contribution in [0, 0.1) is 11.8 Å². The van der Waals surface area contributed by atoms with Gasteiger partial charge in [0.05, 0.1) is 23.6 Å². The summed E-state index contributed by atoms with van der Waals surface area (Å²) >= 11 is 0. The number of hydrogen-bond acceptors (Lipinski definition) is 5. The number of rotatable bonds is 6. The SMILES string of the molecule is O=C1C2CC=CCC2C(=O)N1C1CN(S(=O)(=O)CCOc2ccccc2)C1. The smallest absolute Gasteiger partial charge is 0.233 e. The Bertz CT molecular complexity index is 835. The molecule has 0 aromatic heterocycles. The minimum absolute atomic E-state index is 0.0604. The fourth-order valence-electron chi connectivity index (χ4n) is 3.90. The second kappa shape index (κ2) is 7.09. The average molecular weight is 390 g/mol. The summed E-state index contributed by atoms with van der Waals surface area (Å²) in [7, 11) is -3.47. The molecule has 2 saturated heterocycles. The molecule has 0 bridgehead atoms. The number of allylic oxidation sites excluding steroid dienone is 2. The summed E-state index contributed by atoms with van der Waals surface area (Å²) in [5.74, 6) is -0.350. The van der Waals surface area contributed by atoms with Gasteiger partial charge in [0.15, 0.2) is 0 Å². The predicted molar refractivity (Wildman–Crippen MR) is 98.3 cm³/mol. The maximum absolute atomic E-state index is 12.6. The fourth-order valence-corrected chi connectivity index (χ4v) is 5.25. The van der Waals surface area contributed by atoms with E-state index < -0.39 is 10.0 Å². The van der Waals surface area contributed by atoms with Gasteiger partial charge in [-0.3, -0.25) is 14.5 Å². The third-order valence-corrected chi connectivity index (χ3v) is 7.25. The largest absolute Gasteiger partial charge is 0.492 e. The molecule has 1 aliphatic carbocycles. The van der Waals surface area contributed by atoms with E-state index in [1.807, 2.05) is 30.4 Å². The van der Waals surface area contributed by atoms with Crippen LogP contribution < -0.4 is 4.74 Å². The Labute approximate surface area is 158 Å². The Morgan fingerprint density at radius 1 is 0.963 bits per heavy atom. The van der Waals surface area contributed by atoms with E-state index in [1.165, 1.54) is 9.21 Å². The lowest BCUT2D eigenvalue weighted by atomic mass is 9.85. The molecule has 144 valence electrons. The minimum Gasteiger partial charge on any atom is -0.492 e. The monoisotopic (exact) mass is 390 g/mol. The molecule has 2 aliphatic heterocycles. The predicted octanol–water partition coefficient (Wildman–Crippen LogP) is 1.03. The molecule has 0 radical (unpaired) electrons. The van der Waals surface area contributed by atoms with Gasteiger partial charge >= 0.3 is 0 Å². The van der Waals surface area contributed by atoms with Crippen LogP contribution in [-0.4, -0.2) is 60.9 Å². The molecule has 3 aliphatic rings. The quantitative estimate of drug-likeness (QED) is 0.535.